The van der Waals surface area contributed by atoms with Gasteiger partial charge in [-0.2, -0.15) is 0 Å². The molecule has 18 heavy (non-hydrogen) atoms. The van der Waals surface area contributed by atoms with E-state index in [1.807, 2.05) is 24.3 Å². The average molecular weight is 243 g/mol. The van der Waals surface area contributed by atoms with Gasteiger partial charge < -0.3 is 10.4 Å². The zero-order valence-electron chi connectivity index (χ0n) is 10.2. The highest BCUT2D eigenvalue weighted by Gasteiger charge is 2.07. The molecule has 0 aliphatic rings. The van der Waals surface area contributed by atoms with E-state index < -0.39 is 0 Å². The fourth-order valence-electron chi connectivity index (χ4n) is 1.77. The molecule has 0 aliphatic heterocycles. The third-order valence-electron chi connectivity index (χ3n) is 2.76. The van der Waals surface area contributed by atoms with Gasteiger partial charge in [0.15, 0.2) is 0 Å². The van der Waals surface area contributed by atoms with Crippen molar-refractivity contribution in [1.29, 1.82) is 0 Å². The Hall–Kier alpha value is -1.78. The SMILES string of the molecule is OCC(Cc1ccccc1)NCc1ccncn1. The van der Waals surface area contributed by atoms with E-state index >= 15 is 0 Å². The molecule has 94 valence electrons. The molecule has 0 saturated heterocycles. The van der Waals surface area contributed by atoms with E-state index in [9.17, 15) is 5.11 Å². The summed E-state index contributed by atoms with van der Waals surface area (Å²) in [6, 6.07) is 12.0. The quantitative estimate of drug-likeness (QED) is 0.799. The predicted molar refractivity (Wildman–Crippen MR) is 69.9 cm³/mol. The van der Waals surface area contributed by atoms with Crippen LogP contribution in [0, 0.1) is 0 Å². The summed E-state index contributed by atoms with van der Waals surface area (Å²) in [6.45, 7) is 0.751. The van der Waals surface area contributed by atoms with Crippen LogP contribution in [0.2, 0.25) is 0 Å². The number of aliphatic hydroxyl groups excluding tert-OH is 1. The smallest absolute Gasteiger partial charge is 0.115 e. The van der Waals surface area contributed by atoms with Gasteiger partial charge in [-0.25, -0.2) is 9.97 Å². The molecule has 0 fully saturated rings. The number of hydrogen-bond acceptors (Lipinski definition) is 4. The Bertz CT molecular complexity index is 447. The first-order valence-electron chi connectivity index (χ1n) is 6.01. The zero-order valence-corrected chi connectivity index (χ0v) is 10.2. The number of rotatable bonds is 6. The van der Waals surface area contributed by atoms with Gasteiger partial charge in [0.05, 0.1) is 12.3 Å². The molecule has 1 atom stereocenters. The van der Waals surface area contributed by atoms with Crippen LogP contribution in [0.25, 0.3) is 0 Å². The van der Waals surface area contributed by atoms with Gasteiger partial charge in [-0.1, -0.05) is 30.3 Å². The summed E-state index contributed by atoms with van der Waals surface area (Å²) in [5, 5.41) is 12.7. The lowest BCUT2D eigenvalue weighted by Gasteiger charge is -2.16. The van der Waals surface area contributed by atoms with E-state index in [4.69, 9.17) is 0 Å². The summed E-state index contributed by atoms with van der Waals surface area (Å²) in [5.41, 5.74) is 2.14. The first kappa shape index (κ1) is 12.7. The fourth-order valence-corrected chi connectivity index (χ4v) is 1.77. The molecule has 0 amide bonds. The maximum Gasteiger partial charge on any atom is 0.115 e. The summed E-state index contributed by atoms with van der Waals surface area (Å²) in [5.74, 6) is 0. The molecule has 0 radical (unpaired) electrons. The number of aromatic nitrogens is 2. The minimum atomic E-state index is 0.0439. The predicted octanol–water partition coefficient (Wildman–Crippen LogP) is 1.17. The van der Waals surface area contributed by atoms with Crippen LogP contribution in [0.15, 0.2) is 48.9 Å². The van der Waals surface area contributed by atoms with Crippen molar-refractivity contribution in [3.8, 4) is 0 Å². The molecule has 4 heteroatoms. The van der Waals surface area contributed by atoms with Crippen LogP contribution in [0.3, 0.4) is 0 Å². The van der Waals surface area contributed by atoms with E-state index in [0.29, 0.717) is 6.54 Å². The highest BCUT2D eigenvalue weighted by molar-refractivity contribution is 5.16. The van der Waals surface area contributed by atoms with Crippen molar-refractivity contribution in [2.24, 2.45) is 0 Å². The molecule has 2 rings (SSSR count). The monoisotopic (exact) mass is 243 g/mol. The number of nitrogens with zero attached hydrogens (tertiary/aromatic N) is 2. The molecule has 1 heterocycles. The highest BCUT2D eigenvalue weighted by atomic mass is 16.3. The molecule has 0 spiro atoms. The molecule has 1 aromatic carbocycles. The normalized spacial score (nSPS) is 12.3. The van der Waals surface area contributed by atoms with Crippen molar-refractivity contribution in [3.63, 3.8) is 0 Å². The Morgan fingerprint density at radius 2 is 2.00 bits per heavy atom. The van der Waals surface area contributed by atoms with Gasteiger partial charge in [-0.3, -0.25) is 0 Å². The minimum Gasteiger partial charge on any atom is -0.395 e. The topological polar surface area (TPSA) is 58.0 Å². The van der Waals surface area contributed by atoms with Crippen LogP contribution in [-0.4, -0.2) is 27.7 Å². The van der Waals surface area contributed by atoms with Crippen molar-refractivity contribution in [3.05, 3.63) is 60.2 Å². The van der Waals surface area contributed by atoms with Gasteiger partial charge in [0.25, 0.3) is 0 Å². The van der Waals surface area contributed by atoms with Gasteiger partial charge >= 0.3 is 0 Å². The van der Waals surface area contributed by atoms with Crippen molar-refractivity contribution < 1.29 is 5.11 Å². The molecule has 0 aliphatic carbocycles. The molecule has 0 bridgehead atoms. The van der Waals surface area contributed by atoms with E-state index in [0.717, 1.165) is 12.1 Å². The van der Waals surface area contributed by atoms with Crippen LogP contribution in [-0.2, 0) is 13.0 Å². The van der Waals surface area contributed by atoms with Gasteiger partial charge in [0.1, 0.15) is 6.33 Å². The molecule has 2 aromatic rings. The minimum absolute atomic E-state index is 0.0439. The van der Waals surface area contributed by atoms with E-state index in [-0.39, 0.29) is 12.6 Å². The van der Waals surface area contributed by atoms with Crippen molar-refractivity contribution in [2.75, 3.05) is 6.61 Å². The zero-order chi connectivity index (χ0) is 12.6. The second-order valence-corrected chi connectivity index (χ2v) is 4.15. The second-order valence-electron chi connectivity index (χ2n) is 4.15. The summed E-state index contributed by atoms with van der Waals surface area (Å²) in [4.78, 5) is 8.01. The molecule has 1 aromatic heterocycles. The van der Waals surface area contributed by atoms with Crippen molar-refractivity contribution in [1.82, 2.24) is 15.3 Å². The van der Waals surface area contributed by atoms with E-state index in [1.165, 1.54) is 11.9 Å². The van der Waals surface area contributed by atoms with Crippen LogP contribution in [0.1, 0.15) is 11.3 Å². The van der Waals surface area contributed by atoms with Crippen molar-refractivity contribution in [2.45, 2.75) is 19.0 Å². The van der Waals surface area contributed by atoms with Gasteiger partial charge in [0.2, 0.25) is 0 Å². The summed E-state index contributed by atoms with van der Waals surface area (Å²) < 4.78 is 0. The van der Waals surface area contributed by atoms with Gasteiger partial charge in [-0.05, 0) is 18.1 Å². The highest BCUT2D eigenvalue weighted by Crippen LogP contribution is 2.03. The Morgan fingerprint density at radius 3 is 2.67 bits per heavy atom. The van der Waals surface area contributed by atoms with Gasteiger partial charge in [0, 0.05) is 18.8 Å². The molecule has 4 nitrogen and oxygen atoms in total. The Morgan fingerprint density at radius 1 is 1.17 bits per heavy atom. The second kappa shape index (κ2) is 6.83. The first-order valence-corrected chi connectivity index (χ1v) is 6.01. The lowest BCUT2D eigenvalue weighted by molar-refractivity contribution is 0.240. The van der Waals surface area contributed by atoms with Gasteiger partial charge in [-0.15, -0.1) is 0 Å². The lowest BCUT2D eigenvalue weighted by atomic mass is 10.1. The number of benzene rings is 1. The summed E-state index contributed by atoms with van der Waals surface area (Å²) >= 11 is 0. The molecule has 0 saturated carbocycles. The lowest BCUT2D eigenvalue weighted by Crippen LogP contribution is -2.34. The van der Waals surface area contributed by atoms with Crippen LogP contribution in [0.4, 0.5) is 0 Å². The third-order valence-corrected chi connectivity index (χ3v) is 2.76. The third kappa shape index (κ3) is 3.91. The van der Waals surface area contributed by atoms with E-state index in [1.54, 1.807) is 6.20 Å². The maximum atomic E-state index is 9.37. The maximum absolute atomic E-state index is 9.37. The molecule has 2 N–H and O–H groups in total. The number of aliphatic hydroxyl groups is 1. The first-order chi connectivity index (χ1) is 8.88. The standard InChI is InChI=1S/C14H17N3O/c18-10-14(8-12-4-2-1-3-5-12)16-9-13-6-7-15-11-17-13/h1-7,11,14,16,18H,8-10H2. The van der Waals surface area contributed by atoms with Crippen molar-refractivity contribution >= 4 is 0 Å². The van der Waals surface area contributed by atoms with Crippen LogP contribution >= 0.6 is 0 Å². The summed E-state index contributed by atoms with van der Waals surface area (Å²) in [7, 11) is 0. The Kier molecular flexibility index (Phi) is 4.81. The Balaban J connectivity index is 1.86. The largest absolute Gasteiger partial charge is 0.395 e. The molecule has 1 unspecified atom stereocenters. The Labute approximate surface area is 107 Å². The molecular formula is C14H17N3O. The summed E-state index contributed by atoms with van der Waals surface area (Å²) in [6.07, 6.45) is 4.06. The number of hydrogen-bond donors (Lipinski definition) is 2. The average Bonchev–Trinajstić information content (AvgIpc) is 2.45. The number of nitrogens with one attached hydrogen (secondary N) is 1. The fraction of sp³-hybridized carbons (Fsp3) is 0.286. The van der Waals surface area contributed by atoms with Crippen LogP contribution < -0.4 is 5.32 Å². The molecular weight excluding hydrogens is 226 g/mol. The van der Waals surface area contributed by atoms with Crippen LogP contribution in [0.5, 0.6) is 0 Å². The van der Waals surface area contributed by atoms with E-state index in [2.05, 4.69) is 27.4 Å².